The molecule has 2 rings (SSSR count). The topological polar surface area (TPSA) is 29.5 Å². The Kier molecular flexibility index (Phi) is 3.90. The van der Waals surface area contributed by atoms with Crippen LogP contribution >= 0.6 is 0 Å². The first-order valence-electron chi connectivity index (χ1n) is 6.50. The van der Waals surface area contributed by atoms with Gasteiger partial charge in [0.25, 0.3) is 0 Å². The molecule has 1 aromatic carbocycles. The molecule has 1 aromatic rings. The predicted octanol–water partition coefficient (Wildman–Crippen LogP) is 2.75. The van der Waals surface area contributed by atoms with Crippen LogP contribution < -0.4 is 4.74 Å². The molecule has 1 saturated heterocycles. The minimum absolute atomic E-state index is 0.0888. The Morgan fingerprint density at radius 3 is 2.79 bits per heavy atom. The van der Waals surface area contributed by atoms with Gasteiger partial charge in [-0.3, -0.25) is 9.69 Å². The zero-order valence-corrected chi connectivity index (χ0v) is 11.7. The van der Waals surface area contributed by atoms with Gasteiger partial charge in [0, 0.05) is 6.54 Å². The zero-order valence-electron chi connectivity index (χ0n) is 11.7. The van der Waals surface area contributed by atoms with Crippen molar-refractivity contribution in [3.05, 3.63) is 29.6 Å². The Morgan fingerprint density at radius 2 is 2.21 bits per heavy atom. The van der Waals surface area contributed by atoms with E-state index in [4.69, 9.17) is 4.74 Å². The van der Waals surface area contributed by atoms with Crippen LogP contribution in [0.4, 0.5) is 4.39 Å². The van der Waals surface area contributed by atoms with Crippen LogP contribution in [0.1, 0.15) is 30.6 Å². The summed E-state index contributed by atoms with van der Waals surface area (Å²) >= 11 is 0. The standard InChI is InChI=1S/C15H20FNO2/c1-15(2)6-7-17(10-15)9-13(18)12-8-11(16)4-5-14(12)19-3/h4-5,8H,6-7,9-10H2,1-3H3. The maximum Gasteiger partial charge on any atom is 0.180 e. The van der Waals surface area contributed by atoms with Crippen LogP contribution in [0.3, 0.4) is 0 Å². The molecule has 0 atom stereocenters. The molecule has 19 heavy (non-hydrogen) atoms. The fraction of sp³-hybridized carbons (Fsp3) is 0.533. The molecule has 0 aromatic heterocycles. The van der Waals surface area contributed by atoms with Gasteiger partial charge in [0.1, 0.15) is 11.6 Å². The number of rotatable bonds is 4. The van der Waals surface area contributed by atoms with Crippen LogP contribution in [0.5, 0.6) is 5.75 Å². The van der Waals surface area contributed by atoms with E-state index in [1.54, 1.807) is 0 Å². The first kappa shape index (κ1) is 14.0. The van der Waals surface area contributed by atoms with E-state index in [0.29, 0.717) is 17.9 Å². The highest BCUT2D eigenvalue weighted by Crippen LogP contribution is 2.29. The largest absolute Gasteiger partial charge is 0.496 e. The highest BCUT2D eigenvalue weighted by Gasteiger charge is 2.30. The zero-order chi connectivity index (χ0) is 14.0. The number of ketones is 1. The van der Waals surface area contributed by atoms with Gasteiger partial charge in [0.15, 0.2) is 5.78 Å². The van der Waals surface area contributed by atoms with Gasteiger partial charge in [0.05, 0.1) is 19.2 Å². The van der Waals surface area contributed by atoms with Gasteiger partial charge in [-0.1, -0.05) is 13.8 Å². The predicted molar refractivity (Wildman–Crippen MR) is 72.1 cm³/mol. The van der Waals surface area contributed by atoms with Crippen LogP contribution in [-0.4, -0.2) is 37.4 Å². The molecule has 0 spiro atoms. The number of ether oxygens (including phenoxy) is 1. The summed E-state index contributed by atoms with van der Waals surface area (Å²) < 4.78 is 18.4. The van der Waals surface area contributed by atoms with Crippen molar-refractivity contribution in [2.24, 2.45) is 5.41 Å². The molecule has 3 nitrogen and oxygen atoms in total. The number of methoxy groups -OCH3 is 1. The van der Waals surface area contributed by atoms with Gasteiger partial charge in [-0.2, -0.15) is 0 Å². The second kappa shape index (κ2) is 5.29. The van der Waals surface area contributed by atoms with Crippen LogP contribution in [0.25, 0.3) is 0 Å². The normalized spacial score (nSPS) is 18.5. The van der Waals surface area contributed by atoms with Crippen molar-refractivity contribution in [3.63, 3.8) is 0 Å². The third-order valence-corrected chi connectivity index (χ3v) is 3.59. The van der Waals surface area contributed by atoms with Gasteiger partial charge in [-0.05, 0) is 36.6 Å². The fourth-order valence-electron chi connectivity index (χ4n) is 2.55. The van der Waals surface area contributed by atoms with Crippen molar-refractivity contribution in [1.29, 1.82) is 0 Å². The number of Topliss-reactive ketones (excluding diaryl/α,β-unsaturated/α-hetero) is 1. The first-order chi connectivity index (χ1) is 8.91. The Hall–Kier alpha value is -1.42. The van der Waals surface area contributed by atoms with E-state index in [1.165, 1.54) is 25.3 Å². The van der Waals surface area contributed by atoms with Gasteiger partial charge in [0.2, 0.25) is 0 Å². The molecule has 1 aliphatic rings. The first-order valence-corrected chi connectivity index (χ1v) is 6.50. The Morgan fingerprint density at radius 1 is 1.47 bits per heavy atom. The third-order valence-electron chi connectivity index (χ3n) is 3.59. The number of hydrogen-bond donors (Lipinski definition) is 0. The fourth-order valence-corrected chi connectivity index (χ4v) is 2.55. The van der Waals surface area contributed by atoms with Gasteiger partial charge >= 0.3 is 0 Å². The lowest BCUT2D eigenvalue weighted by Gasteiger charge is -2.19. The molecular weight excluding hydrogens is 245 g/mol. The van der Waals surface area contributed by atoms with E-state index >= 15 is 0 Å². The van der Waals surface area contributed by atoms with Crippen molar-refractivity contribution in [3.8, 4) is 5.75 Å². The molecule has 0 N–H and O–H groups in total. The number of halogens is 1. The minimum atomic E-state index is -0.411. The summed E-state index contributed by atoms with van der Waals surface area (Å²) in [7, 11) is 1.49. The molecule has 0 bridgehead atoms. The lowest BCUT2D eigenvalue weighted by Crippen LogP contribution is -2.29. The Balaban J connectivity index is 2.10. The van der Waals surface area contributed by atoms with Gasteiger partial charge in [-0.15, -0.1) is 0 Å². The molecule has 0 unspecified atom stereocenters. The summed E-state index contributed by atoms with van der Waals surface area (Å²) in [6.07, 6.45) is 1.08. The summed E-state index contributed by atoms with van der Waals surface area (Å²) in [6.45, 7) is 6.52. The lowest BCUT2D eigenvalue weighted by molar-refractivity contribution is 0.0937. The van der Waals surface area contributed by atoms with Crippen molar-refractivity contribution < 1.29 is 13.9 Å². The number of carbonyl (C=O) groups excluding carboxylic acids is 1. The quantitative estimate of drug-likeness (QED) is 0.784. The molecule has 0 radical (unpaired) electrons. The SMILES string of the molecule is COc1ccc(F)cc1C(=O)CN1CCC(C)(C)C1. The van der Waals surface area contributed by atoms with Crippen molar-refractivity contribution in [2.45, 2.75) is 20.3 Å². The van der Waals surface area contributed by atoms with E-state index in [2.05, 4.69) is 18.7 Å². The maximum absolute atomic E-state index is 13.3. The van der Waals surface area contributed by atoms with E-state index in [0.717, 1.165) is 19.5 Å². The van der Waals surface area contributed by atoms with Crippen LogP contribution in [0.2, 0.25) is 0 Å². The second-order valence-electron chi connectivity index (χ2n) is 5.89. The van der Waals surface area contributed by atoms with Gasteiger partial charge in [-0.25, -0.2) is 4.39 Å². The van der Waals surface area contributed by atoms with Crippen LogP contribution in [0.15, 0.2) is 18.2 Å². The average Bonchev–Trinajstić information content (AvgIpc) is 2.68. The third kappa shape index (κ3) is 3.32. The maximum atomic E-state index is 13.3. The number of hydrogen-bond acceptors (Lipinski definition) is 3. The highest BCUT2D eigenvalue weighted by molar-refractivity contribution is 6.00. The van der Waals surface area contributed by atoms with Crippen molar-refractivity contribution in [2.75, 3.05) is 26.7 Å². The Bertz CT molecular complexity index is 485. The van der Waals surface area contributed by atoms with Gasteiger partial charge < -0.3 is 4.74 Å². The van der Waals surface area contributed by atoms with Crippen LogP contribution in [0, 0.1) is 11.2 Å². The summed E-state index contributed by atoms with van der Waals surface area (Å²) in [5.74, 6) is -0.0650. The number of likely N-dealkylation sites (tertiary alicyclic amines) is 1. The molecule has 1 fully saturated rings. The number of carbonyl (C=O) groups is 1. The van der Waals surface area contributed by atoms with Crippen molar-refractivity contribution in [1.82, 2.24) is 4.90 Å². The monoisotopic (exact) mass is 265 g/mol. The number of benzene rings is 1. The molecule has 0 saturated carbocycles. The molecule has 0 aliphatic carbocycles. The smallest absolute Gasteiger partial charge is 0.180 e. The molecule has 1 heterocycles. The summed E-state index contributed by atoms with van der Waals surface area (Å²) in [5.41, 5.74) is 0.582. The molecule has 0 amide bonds. The second-order valence-corrected chi connectivity index (χ2v) is 5.89. The summed E-state index contributed by atoms with van der Waals surface area (Å²) in [5, 5.41) is 0. The van der Waals surface area contributed by atoms with Crippen molar-refractivity contribution >= 4 is 5.78 Å². The lowest BCUT2D eigenvalue weighted by atomic mass is 9.93. The summed E-state index contributed by atoms with van der Waals surface area (Å²) in [4.78, 5) is 14.4. The van der Waals surface area contributed by atoms with E-state index in [9.17, 15) is 9.18 Å². The number of nitrogens with zero attached hydrogens (tertiary/aromatic N) is 1. The van der Waals surface area contributed by atoms with E-state index in [-0.39, 0.29) is 11.2 Å². The molecular formula is C15H20FNO2. The van der Waals surface area contributed by atoms with Crippen LogP contribution in [-0.2, 0) is 0 Å². The molecule has 4 heteroatoms. The highest BCUT2D eigenvalue weighted by atomic mass is 19.1. The Labute approximate surface area is 113 Å². The summed E-state index contributed by atoms with van der Waals surface area (Å²) in [6, 6.07) is 4.05. The van der Waals surface area contributed by atoms with E-state index in [1.807, 2.05) is 0 Å². The average molecular weight is 265 g/mol. The minimum Gasteiger partial charge on any atom is -0.496 e. The van der Waals surface area contributed by atoms with E-state index < -0.39 is 5.82 Å². The molecule has 1 aliphatic heterocycles. The molecule has 104 valence electrons.